The van der Waals surface area contributed by atoms with Crippen molar-refractivity contribution in [2.75, 3.05) is 0 Å². The van der Waals surface area contributed by atoms with Crippen LogP contribution in [0.2, 0.25) is 0 Å². The average Bonchev–Trinajstić information content (AvgIpc) is 2.65. The van der Waals surface area contributed by atoms with E-state index in [2.05, 4.69) is 52.0 Å². The molecule has 2 bridgehead atoms. The molecule has 0 spiro atoms. The predicted molar refractivity (Wildman–Crippen MR) is 74.8 cm³/mol. The molecule has 0 aromatic heterocycles. The molecular formula is C17H24O. The lowest BCUT2D eigenvalue weighted by Gasteiger charge is -2.38. The molecule has 18 heavy (non-hydrogen) atoms. The Balaban J connectivity index is 1.81. The molecule has 1 nitrogen and oxygen atoms in total. The number of hydrogen-bond acceptors (Lipinski definition) is 1. The van der Waals surface area contributed by atoms with Gasteiger partial charge in [0, 0.05) is 5.41 Å². The van der Waals surface area contributed by atoms with Crippen molar-refractivity contribution in [1.29, 1.82) is 0 Å². The quantitative estimate of drug-likeness (QED) is 0.739. The minimum Gasteiger partial charge on any atom is -0.490 e. The summed E-state index contributed by atoms with van der Waals surface area (Å²) < 4.78 is 6.30. The van der Waals surface area contributed by atoms with Gasteiger partial charge in [0.2, 0.25) is 0 Å². The van der Waals surface area contributed by atoms with Crippen molar-refractivity contribution in [2.24, 2.45) is 16.7 Å². The van der Waals surface area contributed by atoms with E-state index in [9.17, 15) is 0 Å². The van der Waals surface area contributed by atoms with Crippen molar-refractivity contribution in [3.63, 3.8) is 0 Å². The second kappa shape index (κ2) is 3.76. The van der Waals surface area contributed by atoms with Gasteiger partial charge >= 0.3 is 0 Å². The van der Waals surface area contributed by atoms with Gasteiger partial charge in [-0.25, -0.2) is 0 Å². The maximum absolute atomic E-state index is 6.30. The Labute approximate surface area is 111 Å². The molecule has 0 aliphatic heterocycles. The van der Waals surface area contributed by atoms with E-state index in [1.54, 1.807) is 0 Å². The lowest BCUT2D eigenvalue weighted by Crippen LogP contribution is -2.38. The summed E-state index contributed by atoms with van der Waals surface area (Å²) in [6, 6.07) is 8.49. The monoisotopic (exact) mass is 244 g/mol. The predicted octanol–water partition coefficient (Wildman–Crippen LogP) is 4.59. The molecule has 0 amide bonds. The normalized spacial score (nSPS) is 36.9. The van der Waals surface area contributed by atoms with Crippen LogP contribution in [-0.2, 0) is 0 Å². The Hall–Kier alpha value is -0.980. The first-order valence-corrected chi connectivity index (χ1v) is 7.17. The van der Waals surface area contributed by atoms with Crippen LogP contribution in [0, 0.1) is 23.7 Å². The zero-order chi connectivity index (χ0) is 13.0. The Bertz CT molecular complexity index is 445. The van der Waals surface area contributed by atoms with Crippen molar-refractivity contribution >= 4 is 0 Å². The van der Waals surface area contributed by atoms with E-state index >= 15 is 0 Å². The highest BCUT2D eigenvalue weighted by Gasteiger charge is 2.62. The molecule has 2 aliphatic rings. The second-order valence-corrected chi connectivity index (χ2v) is 7.03. The molecule has 0 saturated heterocycles. The Morgan fingerprint density at radius 2 is 1.78 bits per heavy atom. The molecule has 3 atom stereocenters. The summed E-state index contributed by atoms with van der Waals surface area (Å²) >= 11 is 0. The van der Waals surface area contributed by atoms with Crippen LogP contribution in [0.3, 0.4) is 0 Å². The fraction of sp³-hybridized carbons (Fsp3) is 0.647. The topological polar surface area (TPSA) is 9.23 Å². The number of ether oxygens (including phenoxy) is 1. The molecule has 2 fully saturated rings. The van der Waals surface area contributed by atoms with Gasteiger partial charge in [0.05, 0.1) is 0 Å². The number of fused-ring (bicyclic) bond motifs is 2. The van der Waals surface area contributed by atoms with Gasteiger partial charge in [-0.1, -0.05) is 38.5 Å². The fourth-order valence-electron chi connectivity index (χ4n) is 4.09. The fourth-order valence-corrected chi connectivity index (χ4v) is 4.09. The first-order valence-electron chi connectivity index (χ1n) is 7.17. The van der Waals surface area contributed by atoms with Crippen molar-refractivity contribution in [3.8, 4) is 5.75 Å². The van der Waals surface area contributed by atoms with Crippen molar-refractivity contribution in [3.05, 3.63) is 29.8 Å². The van der Waals surface area contributed by atoms with E-state index in [1.807, 2.05) is 0 Å². The number of rotatable bonds is 2. The summed E-state index contributed by atoms with van der Waals surface area (Å²) in [5.41, 5.74) is 2.08. The zero-order valence-electron chi connectivity index (χ0n) is 12.0. The summed E-state index contributed by atoms with van der Waals surface area (Å²) in [6.45, 7) is 9.41. The van der Waals surface area contributed by atoms with E-state index in [-0.39, 0.29) is 0 Å². The van der Waals surface area contributed by atoms with Crippen LogP contribution in [-0.4, -0.2) is 6.10 Å². The molecule has 2 saturated carbocycles. The van der Waals surface area contributed by atoms with Gasteiger partial charge in [-0.2, -0.15) is 0 Å². The van der Waals surface area contributed by atoms with Crippen LogP contribution in [0.15, 0.2) is 24.3 Å². The van der Waals surface area contributed by atoms with Crippen LogP contribution in [0.4, 0.5) is 0 Å². The van der Waals surface area contributed by atoms with Crippen LogP contribution >= 0.6 is 0 Å². The van der Waals surface area contributed by atoms with Gasteiger partial charge < -0.3 is 4.74 Å². The van der Waals surface area contributed by atoms with Crippen molar-refractivity contribution < 1.29 is 4.74 Å². The SMILES string of the molecule is Cc1ccc(OC2CC3CCC2(C)C3(C)C)cc1. The van der Waals surface area contributed by atoms with Crippen LogP contribution in [0.1, 0.15) is 45.6 Å². The maximum atomic E-state index is 6.30. The Morgan fingerprint density at radius 1 is 1.11 bits per heavy atom. The third-order valence-electron chi connectivity index (χ3n) is 6.01. The average molecular weight is 244 g/mol. The minimum atomic E-state index is 0.350. The van der Waals surface area contributed by atoms with Crippen molar-refractivity contribution in [1.82, 2.24) is 0 Å². The molecule has 1 aromatic carbocycles. The molecular weight excluding hydrogens is 220 g/mol. The molecule has 0 heterocycles. The molecule has 1 aromatic rings. The number of benzene rings is 1. The first kappa shape index (κ1) is 12.1. The Kier molecular flexibility index (Phi) is 2.52. The third-order valence-corrected chi connectivity index (χ3v) is 6.01. The van der Waals surface area contributed by atoms with Crippen LogP contribution < -0.4 is 4.74 Å². The summed E-state index contributed by atoms with van der Waals surface area (Å²) in [6.07, 6.45) is 4.34. The molecule has 0 radical (unpaired) electrons. The lowest BCUT2D eigenvalue weighted by atomic mass is 9.70. The second-order valence-electron chi connectivity index (χ2n) is 7.03. The molecule has 2 aliphatic carbocycles. The van der Waals surface area contributed by atoms with Gasteiger partial charge in [0.25, 0.3) is 0 Å². The number of aryl methyl sites for hydroxylation is 1. The standard InChI is InChI=1S/C17H24O/c1-12-5-7-14(8-6-12)18-15-11-13-9-10-17(15,4)16(13,2)3/h5-8,13,15H,9-11H2,1-4H3. The molecule has 1 heteroatoms. The maximum Gasteiger partial charge on any atom is 0.119 e. The van der Waals surface area contributed by atoms with Gasteiger partial charge in [0.1, 0.15) is 11.9 Å². The van der Waals surface area contributed by atoms with E-state index in [1.165, 1.54) is 24.8 Å². The zero-order valence-corrected chi connectivity index (χ0v) is 12.0. The van der Waals surface area contributed by atoms with E-state index in [0.29, 0.717) is 16.9 Å². The number of hydrogen-bond donors (Lipinski definition) is 0. The minimum absolute atomic E-state index is 0.350. The van der Waals surface area contributed by atoms with Gasteiger partial charge in [0.15, 0.2) is 0 Å². The highest BCUT2D eigenvalue weighted by molar-refractivity contribution is 5.27. The highest BCUT2D eigenvalue weighted by atomic mass is 16.5. The smallest absolute Gasteiger partial charge is 0.119 e. The van der Waals surface area contributed by atoms with Crippen LogP contribution in [0.25, 0.3) is 0 Å². The summed E-state index contributed by atoms with van der Waals surface area (Å²) in [5.74, 6) is 1.88. The third kappa shape index (κ3) is 1.52. The molecule has 3 rings (SSSR count). The van der Waals surface area contributed by atoms with Gasteiger partial charge in [-0.3, -0.25) is 0 Å². The molecule has 98 valence electrons. The van der Waals surface area contributed by atoms with Crippen LogP contribution in [0.5, 0.6) is 5.75 Å². The largest absolute Gasteiger partial charge is 0.490 e. The van der Waals surface area contributed by atoms with Gasteiger partial charge in [-0.05, 0) is 49.7 Å². The lowest BCUT2D eigenvalue weighted by molar-refractivity contribution is 0.0302. The van der Waals surface area contributed by atoms with E-state index in [4.69, 9.17) is 4.74 Å². The first-order chi connectivity index (χ1) is 8.43. The van der Waals surface area contributed by atoms with Gasteiger partial charge in [-0.15, -0.1) is 0 Å². The van der Waals surface area contributed by atoms with E-state index in [0.717, 1.165) is 11.7 Å². The van der Waals surface area contributed by atoms with Crippen molar-refractivity contribution in [2.45, 2.75) is 53.1 Å². The summed E-state index contributed by atoms with van der Waals surface area (Å²) in [5, 5.41) is 0. The van der Waals surface area contributed by atoms with E-state index < -0.39 is 0 Å². The molecule has 3 unspecified atom stereocenters. The molecule has 0 N–H and O–H groups in total. The summed E-state index contributed by atoms with van der Waals surface area (Å²) in [7, 11) is 0. The summed E-state index contributed by atoms with van der Waals surface area (Å²) in [4.78, 5) is 0. The highest BCUT2D eigenvalue weighted by Crippen LogP contribution is 2.66. The Morgan fingerprint density at radius 3 is 2.28 bits per heavy atom.